The van der Waals surface area contributed by atoms with E-state index in [-0.39, 0.29) is 12.0 Å². The number of piperazine rings is 1. The van der Waals surface area contributed by atoms with Gasteiger partial charge in [0, 0.05) is 49.4 Å². The number of hydrogen-bond donors (Lipinski definition) is 1. The van der Waals surface area contributed by atoms with E-state index >= 15 is 0 Å². The maximum absolute atomic E-state index is 11.6. The maximum atomic E-state index is 11.6. The lowest BCUT2D eigenvalue weighted by atomic mass is 10.1. The molecule has 2 atom stereocenters. The van der Waals surface area contributed by atoms with Gasteiger partial charge in [-0.3, -0.25) is 9.78 Å². The van der Waals surface area contributed by atoms with Crippen molar-refractivity contribution in [3.8, 4) is 5.75 Å². The van der Waals surface area contributed by atoms with Crippen LogP contribution in [0.25, 0.3) is 0 Å². The van der Waals surface area contributed by atoms with Crippen LogP contribution in [0, 0.1) is 0 Å². The number of amides is 1. The zero-order chi connectivity index (χ0) is 25.1. The number of H-pyrrole nitrogens is 1. The van der Waals surface area contributed by atoms with E-state index in [0.29, 0.717) is 29.8 Å². The summed E-state index contributed by atoms with van der Waals surface area (Å²) in [6.45, 7) is 5.86. The third-order valence-electron chi connectivity index (χ3n) is 6.56. The van der Waals surface area contributed by atoms with Crippen LogP contribution in [0.5, 0.6) is 5.75 Å². The number of anilines is 1. The van der Waals surface area contributed by atoms with Crippen molar-refractivity contribution < 1.29 is 23.6 Å². The highest BCUT2D eigenvalue weighted by molar-refractivity contribution is 6.35. The molecule has 10 heteroatoms. The van der Waals surface area contributed by atoms with Gasteiger partial charge in [0.05, 0.1) is 11.6 Å². The molecule has 3 heterocycles. The summed E-state index contributed by atoms with van der Waals surface area (Å²) in [6, 6.07) is 13.3. The molecule has 1 amide bonds. The van der Waals surface area contributed by atoms with E-state index in [4.69, 9.17) is 37.4 Å². The fraction of sp³-hybridized carbons (Fsp3) is 0.385. The van der Waals surface area contributed by atoms with Gasteiger partial charge in [-0.2, -0.15) is 0 Å². The summed E-state index contributed by atoms with van der Waals surface area (Å²) < 4.78 is 20.7. The van der Waals surface area contributed by atoms with Crippen LogP contribution in [0.2, 0.25) is 10.0 Å². The molecule has 0 bridgehead atoms. The lowest BCUT2D eigenvalue weighted by Crippen LogP contribution is -2.48. The molecule has 1 aromatic heterocycles. The molecule has 190 valence electrons. The lowest BCUT2D eigenvalue weighted by Gasteiger charge is -2.35. The van der Waals surface area contributed by atoms with Crippen molar-refractivity contribution in [2.75, 3.05) is 44.3 Å². The van der Waals surface area contributed by atoms with E-state index in [2.05, 4.69) is 9.88 Å². The van der Waals surface area contributed by atoms with Crippen LogP contribution in [-0.4, -0.2) is 61.3 Å². The van der Waals surface area contributed by atoms with Gasteiger partial charge < -0.3 is 24.0 Å². The molecule has 0 spiro atoms. The molecule has 2 fully saturated rings. The number of aromatic nitrogens is 2. The molecule has 2 aliphatic rings. The van der Waals surface area contributed by atoms with Gasteiger partial charge >= 0.3 is 0 Å². The standard InChI is InChI=1S/C26H28Cl2N4O4/c1-19(33)31-10-12-32(13-11-31)21-3-5-22(6-4-21)34-15-23-16-35-26(36-23,17-30-9-8-29-18-30)24-7-2-20(27)14-25(24)28/h2-9,14,18,23H,10-13,15-17H2,1H3/p+1/t23-,26?/m1/s1. The minimum absolute atomic E-state index is 0.130. The van der Waals surface area contributed by atoms with Gasteiger partial charge in [-0.05, 0) is 36.4 Å². The molecule has 3 aromatic rings. The third-order valence-corrected chi connectivity index (χ3v) is 7.10. The van der Waals surface area contributed by atoms with Crippen molar-refractivity contribution in [1.82, 2.24) is 9.88 Å². The van der Waals surface area contributed by atoms with Gasteiger partial charge in [0.1, 0.15) is 37.4 Å². The number of ether oxygens (including phenoxy) is 3. The molecule has 0 aliphatic carbocycles. The highest BCUT2D eigenvalue weighted by atomic mass is 35.5. The van der Waals surface area contributed by atoms with Gasteiger partial charge in [-0.15, -0.1) is 0 Å². The van der Waals surface area contributed by atoms with E-state index in [0.717, 1.165) is 43.2 Å². The van der Waals surface area contributed by atoms with Crippen molar-refractivity contribution in [2.45, 2.75) is 25.4 Å². The molecule has 0 radical (unpaired) electrons. The summed E-state index contributed by atoms with van der Waals surface area (Å²) in [6.07, 6.45) is 5.29. The van der Waals surface area contributed by atoms with Crippen LogP contribution in [0.3, 0.4) is 0 Å². The van der Waals surface area contributed by atoms with Gasteiger partial charge in [0.15, 0.2) is 0 Å². The Balaban J connectivity index is 1.22. The molecule has 8 nitrogen and oxygen atoms in total. The van der Waals surface area contributed by atoms with Crippen LogP contribution in [0.15, 0.2) is 61.2 Å². The van der Waals surface area contributed by atoms with Crippen molar-refractivity contribution in [3.05, 3.63) is 76.8 Å². The predicted molar refractivity (Wildman–Crippen MR) is 136 cm³/mol. The zero-order valence-corrected chi connectivity index (χ0v) is 21.5. The molecule has 2 aromatic carbocycles. The van der Waals surface area contributed by atoms with Crippen LogP contribution in [0.1, 0.15) is 12.5 Å². The minimum Gasteiger partial charge on any atom is -0.491 e. The van der Waals surface area contributed by atoms with Gasteiger partial charge in [0.2, 0.25) is 18.0 Å². The molecule has 1 unspecified atom stereocenters. The summed E-state index contributed by atoms with van der Waals surface area (Å²) in [5.74, 6) is -0.175. The molecule has 5 rings (SSSR count). The van der Waals surface area contributed by atoms with Crippen LogP contribution < -0.4 is 14.2 Å². The number of benzene rings is 2. The minimum atomic E-state index is -1.06. The van der Waals surface area contributed by atoms with Crippen molar-refractivity contribution >= 4 is 34.8 Å². The number of rotatable bonds is 7. The maximum Gasteiger partial charge on any atom is 0.241 e. The van der Waals surface area contributed by atoms with E-state index in [1.807, 2.05) is 58.5 Å². The Hall–Kier alpha value is -2.78. The van der Waals surface area contributed by atoms with E-state index < -0.39 is 5.79 Å². The normalized spacial score (nSPS) is 22.1. The van der Waals surface area contributed by atoms with Crippen LogP contribution in [-0.2, 0) is 26.6 Å². The van der Waals surface area contributed by atoms with Gasteiger partial charge in [0.25, 0.3) is 0 Å². The number of halogens is 2. The third kappa shape index (κ3) is 5.47. The Morgan fingerprint density at radius 3 is 2.61 bits per heavy atom. The molecular weight excluding hydrogens is 503 g/mol. The summed E-state index contributed by atoms with van der Waals surface area (Å²) in [4.78, 5) is 18.8. The average molecular weight is 532 g/mol. The van der Waals surface area contributed by atoms with Crippen LogP contribution in [0.4, 0.5) is 5.69 Å². The van der Waals surface area contributed by atoms with E-state index in [1.54, 1.807) is 19.1 Å². The Bertz CT molecular complexity index is 1180. The van der Waals surface area contributed by atoms with Gasteiger partial charge in [-0.25, -0.2) is 4.57 Å². The van der Waals surface area contributed by atoms with Gasteiger partial charge in [-0.1, -0.05) is 29.3 Å². The molecule has 36 heavy (non-hydrogen) atoms. The number of nitrogens with one attached hydrogen (secondary N) is 1. The summed E-state index contributed by atoms with van der Waals surface area (Å²) in [5, 5.41) is 1.04. The van der Waals surface area contributed by atoms with Crippen molar-refractivity contribution in [2.24, 2.45) is 0 Å². The topological polar surface area (TPSA) is 70.9 Å². The first-order chi connectivity index (χ1) is 17.4. The highest BCUT2D eigenvalue weighted by Gasteiger charge is 2.47. The Morgan fingerprint density at radius 1 is 1.17 bits per heavy atom. The predicted octanol–water partition coefficient (Wildman–Crippen LogP) is 3.62. The first-order valence-corrected chi connectivity index (χ1v) is 12.7. The number of nitrogens with zero attached hydrogens (tertiary/aromatic N) is 3. The molecule has 0 saturated carbocycles. The number of imidazole rings is 1. The Labute approximate surface area is 220 Å². The zero-order valence-electron chi connectivity index (χ0n) is 20.0. The SMILES string of the molecule is CC(=O)N1CCN(c2ccc(OC[C@@H]3COC(C[n+]4cc[nH]c4)(c4ccc(Cl)cc4Cl)O3)cc2)CC1. The highest BCUT2D eigenvalue weighted by Crippen LogP contribution is 2.39. The number of carbonyl (C=O) groups excluding carboxylic acids is 1. The lowest BCUT2D eigenvalue weighted by molar-refractivity contribution is -0.719. The van der Waals surface area contributed by atoms with E-state index in [9.17, 15) is 4.79 Å². The largest absolute Gasteiger partial charge is 0.491 e. The molecule has 2 aliphatic heterocycles. The average Bonchev–Trinajstić information content (AvgIpc) is 3.54. The fourth-order valence-corrected chi connectivity index (χ4v) is 5.19. The second-order valence-corrected chi connectivity index (χ2v) is 9.85. The number of aromatic amines is 1. The quantitative estimate of drug-likeness (QED) is 0.471. The number of hydrogen-bond acceptors (Lipinski definition) is 5. The molecule has 1 N–H and O–H groups in total. The first kappa shape index (κ1) is 24.9. The second kappa shape index (κ2) is 10.7. The summed E-state index contributed by atoms with van der Waals surface area (Å²) >= 11 is 12.7. The molecule has 2 saturated heterocycles. The van der Waals surface area contributed by atoms with E-state index in [1.165, 1.54) is 0 Å². The summed E-state index contributed by atoms with van der Waals surface area (Å²) in [5.41, 5.74) is 1.84. The monoisotopic (exact) mass is 531 g/mol. The van der Waals surface area contributed by atoms with Crippen LogP contribution >= 0.6 is 23.2 Å². The summed E-state index contributed by atoms with van der Waals surface area (Å²) in [7, 11) is 0. The smallest absolute Gasteiger partial charge is 0.241 e. The fourth-order valence-electron chi connectivity index (χ4n) is 4.64. The van der Waals surface area contributed by atoms with Crippen molar-refractivity contribution in [3.63, 3.8) is 0 Å². The molecular formula is C26H29Cl2N4O4+. The Morgan fingerprint density at radius 2 is 1.94 bits per heavy atom. The van der Waals surface area contributed by atoms with Crippen molar-refractivity contribution in [1.29, 1.82) is 0 Å². The Kier molecular flexibility index (Phi) is 7.39. The first-order valence-electron chi connectivity index (χ1n) is 11.9. The number of carbonyl (C=O) groups is 1. The second-order valence-electron chi connectivity index (χ2n) is 9.01.